The van der Waals surface area contributed by atoms with Crippen molar-refractivity contribution < 1.29 is 5.11 Å². The molecule has 0 saturated heterocycles. The first-order valence-corrected chi connectivity index (χ1v) is 5.01. The Morgan fingerprint density at radius 3 is 2.73 bits per heavy atom. The van der Waals surface area contributed by atoms with Gasteiger partial charge in [-0.25, -0.2) is 4.98 Å². The van der Waals surface area contributed by atoms with Crippen molar-refractivity contribution in [2.75, 3.05) is 0 Å². The molecule has 1 aromatic heterocycles. The maximum absolute atomic E-state index is 9.03. The van der Waals surface area contributed by atoms with Crippen molar-refractivity contribution in [2.45, 2.75) is 13.5 Å². The molecule has 0 unspecified atom stereocenters. The minimum absolute atomic E-state index is 0.0627. The molecule has 0 amide bonds. The lowest BCUT2D eigenvalue weighted by Gasteiger charge is -1.98. The van der Waals surface area contributed by atoms with Crippen molar-refractivity contribution in [3.8, 4) is 11.4 Å². The fraction of sp³-hybridized carbons (Fsp3) is 0.182. The zero-order chi connectivity index (χ0) is 10.8. The Kier molecular flexibility index (Phi) is 2.75. The maximum atomic E-state index is 9.03. The highest BCUT2D eigenvalue weighted by Gasteiger charge is 2.09. The summed E-state index contributed by atoms with van der Waals surface area (Å²) in [4.78, 5) is 7.37. The number of nitrogens with zero attached hydrogens (tertiary/aromatic N) is 1. The monoisotopic (exact) mass is 222 g/mol. The molecule has 0 aliphatic carbocycles. The van der Waals surface area contributed by atoms with Crippen LogP contribution in [0.4, 0.5) is 0 Å². The summed E-state index contributed by atoms with van der Waals surface area (Å²) in [6.07, 6.45) is 0. The highest BCUT2D eigenvalue weighted by molar-refractivity contribution is 6.33. The van der Waals surface area contributed by atoms with Crippen LogP contribution in [-0.4, -0.2) is 15.1 Å². The summed E-state index contributed by atoms with van der Waals surface area (Å²) in [5.74, 6) is 0.696. The lowest BCUT2D eigenvalue weighted by Crippen LogP contribution is -1.85. The van der Waals surface area contributed by atoms with Gasteiger partial charge in [-0.15, -0.1) is 0 Å². The largest absolute Gasteiger partial charge is 0.390 e. The van der Waals surface area contributed by atoms with Gasteiger partial charge >= 0.3 is 0 Å². The van der Waals surface area contributed by atoms with Gasteiger partial charge < -0.3 is 10.1 Å². The van der Waals surface area contributed by atoms with Crippen molar-refractivity contribution in [3.05, 3.63) is 40.7 Å². The minimum atomic E-state index is -0.0627. The Balaban J connectivity index is 2.50. The first-order chi connectivity index (χ1) is 7.22. The number of imidazole rings is 1. The molecule has 2 aromatic rings. The Morgan fingerprint density at radius 1 is 1.40 bits per heavy atom. The average Bonchev–Trinajstić information content (AvgIpc) is 2.60. The molecule has 78 valence electrons. The number of H-pyrrole nitrogens is 1. The van der Waals surface area contributed by atoms with Crippen molar-refractivity contribution in [1.82, 2.24) is 9.97 Å². The third-order valence-corrected chi connectivity index (χ3v) is 2.59. The van der Waals surface area contributed by atoms with E-state index in [0.717, 1.165) is 11.3 Å². The summed E-state index contributed by atoms with van der Waals surface area (Å²) in [6.45, 7) is 1.81. The number of hydrogen-bond acceptors (Lipinski definition) is 2. The molecule has 0 saturated carbocycles. The third-order valence-electron chi connectivity index (χ3n) is 2.26. The van der Waals surface area contributed by atoms with Gasteiger partial charge in [0.15, 0.2) is 0 Å². The van der Waals surface area contributed by atoms with Gasteiger partial charge in [-0.3, -0.25) is 0 Å². The van der Waals surface area contributed by atoms with Crippen LogP contribution in [0, 0.1) is 6.92 Å². The molecule has 0 fully saturated rings. The van der Waals surface area contributed by atoms with E-state index in [1.165, 1.54) is 0 Å². The first kappa shape index (κ1) is 10.2. The van der Waals surface area contributed by atoms with Crippen molar-refractivity contribution in [2.24, 2.45) is 0 Å². The Hall–Kier alpha value is -1.32. The van der Waals surface area contributed by atoms with E-state index >= 15 is 0 Å². The summed E-state index contributed by atoms with van der Waals surface area (Å²) >= 11 is 6.04. The standard InChI is InChI=1S/C11H11ClN2O/c1-7-10(6-15)14-11(13-7)8-4-2-3-5-9(8)12/h2-5,15H,6H2,1H3,(H,13,14). The van der Waals surface area contributed by atoms with Crippen LogP contribution in [0.5, 0.6) is 0 Å². The van der Waals surface area contributed by atoms with E-state index in [4.69, 9.17) is 16.7 Å². The zero-order valence-electron chi connectivity index (χ0n) is 8.29. The zero-order valence-corrected chi connectivity index (χ0v) is 9.04. The van der Waals surface area contributed by atoms with E-state index in [-0.39, 0.29) is 6.61 Å². The number of benzene rings is 1. The van der Waals surface area contributed by atoms with E-state index < -0.39 is 0 Å². The number of hydrogen-bond donors (Lipinski definition) is 2. The van der Waals surface area contributed by atoms with Gasteiger partial charge in [0.1, 0.15) is 5.82 Å². The van der Waals surface area contributed by atoms with Gasteiger partial charge in [0, 0.05) is 11.3 Å². The van der Waals surface area contributed by atoms with Crippen molar-refractivity contribution in [3.63, 3.8) is 0 Å². The number of rotatable bonds is 2. The minimum Gasteiger partial charge on any atom is -0.390 e. The predicted octanol–water partition coefficient (Wildman–Crippen LogP) is 2.53. The second-order valence-electron chi connectivity index (χ2n) is 3.30. The van der Waals surface area contributed by atoms with Crippen LogP contribution in [0.2, 0.25) is 5.02 Å². The number of aromatic nitrogens is 2. The van der Waals surface area contributed by atoms with E-state index in [2.05, 4.69) is 9.97 Å². The molecular weight excluding hydrogens is 212 g/mol. The van der Waals surface area contributed by atoms with E-state index in [0.29, 0.717) is 16.5 Å². The molecule has 2 rings (SSSR count). The molecule has 2 N–H and O–H groups in total. The number of nitrogens with one attached hydrogen (secondary N) is 1. The van der Waals surface area contributed by atoms with Crippen molar-refractivity contribution in [1.29, 1.82) is 0 Å². The average molecular weight is 223 g/mol. The highest BCUT2D eigenvalue weighted by Crippen LogP contribution is 2.25. The van der Waals surface area contributed by atoms with E-state index in [1.54, 1.807) is 0 Å². The van der Waals surface area contributed by atoms with Gasteiger partial charge in [0.25, 0.3) is 0 Å². The lowest BCUT2D eigenvalue weighted by molar-refractivity contribution is 0.276. The predicted molar refractivity (Wildman–Crippen MR) is 59.7 cm³/mol. The highest BCUT2D eigenvalue weighted by atomic mass is 35.5. The van der Waals surface area contributed by atoms with Gasteiger partial charge in [-0.1, -0.05) is 23.7 Å². The summed E-state index contributed by atoms with van der Waals surface area (Å²) in [5, 5.41) is 9.68. The van der Waals surface area contributed by atoms with Crippen LogP contribution >= 0.6 is 11.6 Å². The van der Waals surface area contributed by atoms with Gasteiger partial charge in [0.2, 0.25) is 0 Å². The SMILES string of the molecule is Cc1[nH]c(-c2ccccc2Cl)nc1CO. The van der Waals surface area contributed by atoms with Crippen LogP contribution < -0.4 is 0 Å². The second kappa shape index (κ2) is 4.04. The molecule has 1 aromatic carbocycles. The van der Waals surface area contributed by atoms with Crippen LogP contribution in [0.3, 0.4) is 0 Å². The van der Waals surface area contributed by atoms with Crippen LogP contribution in [0.15, 0.2) is 24.3 Å². The summed E-state index contributed by atoms with van der Waals surface area (Å²) in [7, 11) is 0. The Labute approximate surface area is 92.7 Å². The van der Waals surface area contributed by atoms with Gasteiger partial charge in [-0.2, -0.15) is 0 Å². The molecule has 0 aliphatic heterocycles. The van der Waals surface area contributed by atoms with E-state index in [9.17, 15) is 0 Å². The smallest absolute Gasteiger partial charge is 0.139 e. The molecule has 15 heavy (non-hydrogen) atoms. The van der Waals surface area contributed by atoms with Crippen LogP contribution in [0.25, 0.3) is 11.4 Å². The molecule has 4 heteroatoms. The second-order valence-corrected chi connectivity index (χ2v) is 3.70. The summed E-state index contributed by atoms with van der Waals surface area (Å²) in [6, 6.07) is 7.47. The van der Waals surface area contributed by atoms with Gasteiger partial charge in [-0.05, 0) is 19.1 Å². The van der Waals surface area contributed by atoms with E-state index in [1.807, 2.05) is 31.2 Å². The lowest BCUT2D eigenvalue weighted by atomic mass is 10.2. The number of aryl methyl sites for hydroxylation is 1. The summed E-state index contributed by atoms with van der Waals surface area (Å²) < 4.78 is 0. The topological polar surface area (TPSA) is 48.9 Å². The molecule has 1 heterocycles. The molecule has 3 nitrogen and oxygen atoms in total. The molecule has 0 radical (unpaired) electrons. The van der Waals surface area contributed by atoms with Crippen LogP contribution in [0.1, 0.15) is 11.4 Å². The quantitative estimate of drug-likeness (QED) is 0.821. The Morgan fingerprint density at radius 2 is 2.13 bits per heavy atom. The fourth-order valence-corrected chi connectivity index (χ4v) is 1.66. The normalized spacial score (nSPS) is 10.6. The molecule has 0 spiro atoms. The Bertz CT molecular complexity index is 479. The number of aromatic amines is 1. The molecule has 0 atom stereocenters. The molecule has 0 bridgehead atoms. The first-order valence-electron chi connectivity index (χ1n) is 4.63. The number of halogens is 1. The molecular formula is C11H11ClN2O. The van der Waals surface area contributed by atoms with Crippen molar-refractivity contribution >= 4 is 11.6 Å². The number of aliphatic hydroxyl groups is 1. The maximum Gasteiger partial charge on any atom is 0.139 e. The van der Waals surface area contributed by atoms with Gasteiger partial charge in [0.05, 0.1) is 17.3 Å². The molecule has 0 aliphatic rings. The number of aliphatic hydroxyl groups excluding tert-OH is 1. The summed E-state index contributed by atoms with van der Waals surface area (Å²) in [5.41, 5.74) is 2.37. The fourth-order valence-electron chi connectivity index (χ4n) is 1.43. The van der Waals surface area contributed by atoms with Crippen LogP contribution in [-0.2, 0) is 6.61 Å². The third kappa shape index (κ3) is 1.89.